The molecule has 0 aromatic heterocycles. The van der Waals surface area contributed by atoms with E-state index in [-0.39, 0.29) is 12.0 Å². The molecule has 120 valence electrons. The van der Waals surface area contributed by atoms with E-state index in [0.29, 0.717) is 0 Å². The van der Waals surface area contributed by atoms with Gasteiger partial charge in [-0.2, -0.15) is 0 Å². The summed E-state index contributed by atoms with van der Waals surface area (Å²) in [6.07, 6.45) is 3.33. The molecule has 0 fully saturated rings. The second-order valence-electron chi connectivity index (χ2n) is 5.26. The molecule has 0 atom stereocenters. The predicted octanol–water partition coefficient (Wildman–Crippen LogP) is 4.13. The van der Waals surface area contributed by atoms with Crippen LogP contribution in [0.15, 0.2) is 54.6 Å². The van der Waals surface area contributed by atoms with Gasteiger partial charge in [0, 0.05) is 17.3 Å². The van der Waals surface area contributed by atoms with Crippen LogP contribution in [-0.2, 0) is 4.79 Å². The van der Waals surface area contributed by atoms with Gasteiger partial charge in [0.1, 0.15) is 11.5 Å². The molecule has 0 bridgehead atoms. The molecule has 2 aromatic carbocycles. The third-order valence-corrected chi connectivity index (χ3v) is 3.05. The van der Waals surface area contributed by atoms with E-state index in [2.05, 4.69) is 5.32 Å². The van der Waals surface area contributed by atoms with E-state index in [1.807, 2.05) is 62.4 Å². The van der Waals surface area contributed by atoms with Crippen LogP contribution >= 0.6 is 0 Å². The number of benzene rings is 2. The van der Waals surface area contributed by atoms with E-state index < -0.39 is 0 Å². The van der Waals surface area contributed by atoms with Gasteiger partial charge in [-0.05, 0) is 50.3 Å². The average molecular weight is 311 g/mol. The number of para-hydroxylation sites is 1. The van der Waals surface area contributed by atoms with Gasteiger partial charge in [0.15, 0.2) is 0 Å². The van der Waals surface area contributed by atoms with Crippen molar-refractivity contribution in [1.29, 1.82) is 0 Å². The number of hydrogen-bond acceptors (Lipinski definition) is 3. The monoisotopic (exact) mass is 311 g/mol. The van der Waals surface area contributed by atoms with Crippen molar-refractivity contribution in [3.63, 3.8) is 0 Å². The van der Waals surface area contributed by atoms with E-state index in [4.69, 9.17) is 9.47 Å². The Kier molecular flexibility index (Phi) is 5.80. The highest BCUT2D eigenvalue weighted by molar-refractivity contribution is 6.02. The first-order valence-electron chi connectivity index (χ1n) is 7.47. The van der Waals surface area contributed by atoms with Gasteiger partial charge >= 0.3 is 0 Å². The quantitative estimate of drug-likeness (QED) is 0.816. The summed E-state index contributed by atoms with van der Waals surface area (Å²) in [4.78, 5) is 12.0. The van der Waals surface area contributed by atoms with Crippen LogP contribution in [0.4, 0.5) is 5.69 Å². The fraction of sp³-hybridized carbons (Fsp3) is 0.211. The Bertz CT molecular complexity index is 675. The van der Waals surface area contributed by atoms with E-state index >= 15 is 0 Å². The Morgan fingerprint density at radius 3 is 2.43 bits per heavy atom. The highest BCUT2D eigenvalue weighted by Crippen LogP contribution is 2.19. The molecule has 0 saturated carbocycles. The van der Waals surface area contributed by atoms with Gasteiger partial charge in [-0.1, -0.05) is 18.2 Å². The number of methoxy groups -OCH3 is 1. The molecule has 0 aliphatic carbocycles. The highest BCUT2D eigenvalue weighted by Gasteiger charge is 2.02. The zero-order valence-corrected chi connectivity index (χ0v) is 13.6. The predicted molar refractivity (Wildman–Crippen MR) is 92.9 cm³/mol. The van der Waals surface area contributed by atoms with Crippen LogP contribution < -0.4 is 14.8 Å². The van der Waals surface area contributed by atoms with Gasteiger partial charge in [-0.15, -0.1) is 0 Å². The molecular weight excluding hydrogens is 290 g/mol. The molecule has 0 heterocycles. The van der Waals surface area contributed by atoms with Crippen molar-refractivity contribution in [3.8, 4) is 11.5 Å². The van der Waals surface area contributed by atoms with Crippen molar-refractivity contribution in [3.05, 3.63) is 60.2 Å². The van der Waals surface area contributed by atoms with Crippen LogP contribution in [0.2, 0.25) is 0 Å². The zero-order valence-electron chi connectivity index (χ0n) is 13.6. The van der Waals surface area contributed by atoms with Gasteiger partial charge in [0.05, 0.1) is 13.2 Å². The highest BCUT2D eigenvalue weighted by atomic mass is 16.5. The molecule has 1 amide bonds. The summed E-state index contributed by atoms with van der Waals surface area (Å²) in [7, 11) is 1.60. The minimum Gasteiger partial charge on any atom is -0.496 e. The summed E-state index contributed by atoms with van der Waals surface area (Å²) in [5, 5.41) is 2.81. The summed E-state index contributed by atoms with van der Waals surface area (Å²) >= 11 is 0. The maximum atomic E-state index is 12.0. The first kappa shape index (κ1) is 16.6. The Hall–Kier alpha value is -2.75. The van der Waals surface area contributed by atoms with Crippen LogP contribution in [0, 0.1) is 0 Å². The van der Waals surface area contributed by atoms with Crippen molar-refractivity contribution in [1.82, 2.24) is 0 Å². The normalized spacial score (nSPS) is 10.8. The average Bonchev–Trinajstić information content (AvgIpc) is 2.54. The smallest absolute Gasteiger partial charge is 0.248 e. The molecule has 4 heteroatoms. The van der Waals surface area contributed by atoms with Gasteiger partial charge in [-0.3, -0.25) is 4.79 Å². The molecule has 0 saturated heterocycles. The lowest BCUT2D eigenvalue weighted by molar-refractivity contribution is -0.111. The Morgan fingerprint density at radius 2 is 1.78 bits per heavy atom. The first-order chi connectivity index (χ1) is 11.1. The number of anilines is 1. The third kappa shape index (κ3) is 5.18. The molecule has 0 radical (unpaired) electrons. The molecular formula is C19H21NO3. The number of carbonyl (C=O) groups excluding carboxylic acids is 1. The molecule has 0 aliphatic rings. The minimum atomic E-state index is -0.201. The molecule has 2 rings (SSSR count). The number of carbonyl (C=O) groups is 1. The van der Waals surface area contributed by atoms with Crippen molar-refractivity contribution in [2.75, 3.05) is 12.4 Å². The summed E-state index contributed by atoms with van der Waals surface area (Å²) in [5.74, 6) is 1.31. The molecule has 0 aliphatic heterocycles. The van der Waals surface area contributed by atoms with Crippen LogP contribution in [0.1, 0.15) is 19.4 Å². The second-order valence-corrected chi connectivity index (χ2v) is 5.26. The molecule has 1 N–H and O–H groups in total. The fourth-order valence-corrected chi connectivity index (χ4v) is 2.04. The van der Waals surface area contributed by atoms with Crippen molar-refractivity contribution in [2.45, 2.75) is 20.0 Å². The Morgan fingerprint density at radius 1 is 1.09 bits per heavy atom. The number of amides is 1. The van der Waals surface area contributed by atoms with Crippen LogP contribution in [-0.4, -0.2) is 19.1 Å². The van der Waals surface area contributed by atoms with Crippen LogP contribution in [0.25, 0.3) is 6.08 Å². The van der Waals surface area contributed by atoms with Gasteiger partial charge in [0.2, 0.25) is 5.91 Å². The molecule has 0 spiro atoms. The van der Waals surface area contributed by atoms with Crippen LogP contribution in [0.5, 0.6) is 11.5 Å². The van der Waals surface area contributed by atoms with E-state index in [0.717, 1.165) is 22.7 Å². The standard InChI is InChI=1S/C19H21NO3/c1-14(2)23-17-11-9-16(10-12-17)20-19(21)13-8-15-6-4-5-7-18(15)22-3/h4-14H,1-3H3,(H,20,21). The van der Waals surface area contributed by atoms with E-state index in [9.17, 15) is 4.79 Å². The number of nitrogens with one attached hydrogen (secondary N) is 1. The van der Waals surface area contributed by atoms with E-state index in [1.165, 1.54) is 6.08 Å². The lowest BCUT2D eigenvalue weighted by Gasteiger charge is -2.10. The molecule has 2 aromatic rings. The molecule has 4 nitrogen and oxygen atoms in total. The SMILES string of the molecule is COc1ccccc1C=CC(=O)Nc1ccc(OC(C)C)cc1. The minimum absolute atomic E-state index is 0.124. The van der Waals surface area contributed by atoms with Crippen molar-refractivity contribution < 1.29 is 14.3 Å². The van der Waals surface area contributed by atoms with Gasteiger partial charge in [-0.25, -0.2) is 0 Å². The summed E-state index contributed by atoms with van der Waals surface area (Å²) in [6.45, 7) is 3.94. The Balaban J connectivity index is 1.97. The molecule has 0 unspecified atom stereocenters. The largest absolute Gasteiger partial charge is 0.496 e. The second kappa shape index (κ2) is 8.03. The lowest BCUT2D eigenvalue weighted by atomic mass is 10.2. The van der Waals surface area contributed by atoms with Crippen molar-refractivity contribution in [2.24, 2.45) is 0 Å². The third-order valence-electron chi connectivity index (χ3n) is 3.05. The van der Waals surface area contributed by atoms with Gasteiger partial charge in [0.25, 0.3) is 0 Å². The van der Waals surface area contributed by atoms with Crippen LogP contribution in [0.3, 0.4) is 0 Å². The van der Waals surface area contributed by atoms with Gasteiger partial charge < -0.3 is 14.8 Å². The first-order valence-corrected chi connectivity index (χ1v) is 7.47. The fourth-order valence-electron chi connectivity index (χ4n) is 2.04. The summed E-state index contributed by atoms with van der Waals surface area (Å²) in [6, 6.07) is 14.8. The molecule has 23 heavy (non-hydrogen) atoms. The maximum Gasteiger partial charge on any atom is 0.248 e. The van der Waals surface area contributed by atoms with Crippen molar-refractivity contribution >= 4 is 17.7 Å². The summed E-state index contributed by atoms with van der Waals surface area (Å²) in [5.41, 5.74) is 1.57. The zero-order chi connectivity index (χ0) is 16.7. The number of hydrogen-bond donors (Lipinski definition) is 1. The maximum absolute atomic E-state index is 12.0. The number of rotatable bonds is 6. The summed E-state index contributed by atoms with van der Waals surface area (Å²) < 4.78 is 10.8. The lowest BCUT2D eigenvalue weighted by Crippen LogP contribution is -2.08. The van der Waals surface area contributed by atoms with E-state index in [1.54, 1.807) is 13.2 Å². The Labute approximate surface area is 136 Å². The number of ether oxygens (including phenoxy) is 2. The topological polar surface area (TPSA) is 47.6 Å².